The minimum Gasteiger partial charge on any atom is -0.481 e. The van der Waals surface area contributed by atoms with Crippen LogP contribution in [0.1, 0.15) is 83.5 Å². The van der Waals surface area contributed by atoms with Crippen molar-refractivity contribution in [3.8, 4) is 0 Å². The molecule has 1 unspecified atom stereocenters. The van der Waals surface area contributed by atoms with Gasteiger partial charge in [-0.15, -0.1) is 6.58 Å². The first-order chi connectivity index (χ1) is 11.6. The van der Waals surface area contributed by atoms with E-state index in [2.05, 4.69) is 18.7 Å². The number of hydrogen-bond donors (Lipinski definition) is 2. The van der Waals surface area contributed by atoms with Crippen molar-refractivity contribution in [3.05, 3.63) is 24.8 Å². The molecule has 2 N–H and O–H groups in total. The van der Waals surface area contributed by atoms with Crippen molar-refractivity contribution in [3.63, 3.8) is 0 Å². The Morgan fingerprint density at radius 2 is 1.33 bits per heavy atom. The molecule has 0 aliphatic heterocycles. The summed E-state index contributed by atoms with van der Waals surface area (Å²) in [6.45, 7) is 3.90. The summed E-state index contributed by atoms with van der Waals surface area (Å²) in [7, 11) is 0. The van der Waals surface area contributed by atoms with Gasteiger partial charge in [-0.3, -0.25) is 9.59 Å². The molecular formula is C20H34O4. The molecule has 0 radical (unpaired) electrons. The Hall–Kier alpha value is -1.58. The molecular weight excluding hydrogens is 304 g/mol. The lowest BCUT2D eigenvalue weighted by atomic mass is 9.97. The molecule has 0 heterocycles. The average Bonchev–Trinajstić information content (AvgIpc) is 2.53. The van der Waals surface area contributed by atoms with Crippen LogP contribution in [-0.4, -0.2) is 22.2 Å². The monoisotopic (exact) mass is 338 g/mol. The van der Waals surface area contributed by atoms with Crippen molar-refractivity contribution in [1.29, 1.82) is 0 Å². The van der Waals surface area contributed by atoms with Gasteiger partial charge in [0.15, 0.2) is 0 Å². The van der Waals surface area contributed by atoms with Crippen molar-refractivity contribution in [2.24, 2.45) is 5.92 Å². The molecule has 0 amide bonds. The number of rotatable bonds is 17. The van der Waals surface area contributed by atoms with Gasteiger partial charge >= 0.3 is 11.9 Å². The number of unbranched alkanes of at least 4 members (excludes halogenated alkanes) is 7. The van der Waals surface area contributed by atoms with E-state index >= 15 is 0 Å². The number of hydrogen-bond acceptors (Lipinski definition) is 2. The normalized spacial score (nSPS) is 12.3. The SMILES string of the molecule is C=CC(C/C=C/CCCCCCC(=O)O)CCCCCCC(=O)O. The fraction of sp³-hybridized carbons (Fsp3) is 0.700. The van der Waals surface area contributed by atoms with E-state index in [0.717, 1.165) is 70.6 Å². The van der Waals surface area contributed by atoms with Crippen molar-refractivity contribution >= 4 is 11.9 Å². The summed E-state index contributed by atoms with van der Waals surface area (Å²) in [4.78, 5) is 20.8. The van der Waals surface area contributed by atoms with Crippen LogP contribution in [-0.2, 0) is 9.59 Å². The third-order valence-corrected chi connectivity index (χ3v) is 4.17. The van der Waals surface area contributed by atoms with E-state index in [4.69, 9.17) is 10.2 Å². The van der Waals surface area contributed by atoms with E-state index < -0.39 is 11.9 Å². The summed E-state index contributed by atoms with van der Waals surface area (Å²) in [6.07, 6.45) is 18.2. The standard InChI is InChI=1S/C20H34O4/c1-2-18(15-11-8-9-13-17-20(23)24)14-10-6-4-3-5-7-12-16-19(21)22/h2,6,10,18H,1,3-5,7-9,11-17H2,(H,21,22)(H,23,24)/b10-6+. The predicted octanol–water partition coefficient (Wildman–Crippen LogP) is 5.59. The van der Waals surface area contributed by atoms with Crippen molar-refractivity contribution in [1.82, 2.24) is 0 Å². The fourth-order valence-electron chi connectivity index (χ4n) is 2.65. The number of allylic oxidation sites excluding steroid dienone is 3. The smallest absolute Gasteiger partial charge is 0.303 e. The zero-order valence-corrected chi connectivity index (χ0v) is 14.9. The number of carboxylic acid groups (broad SMARTS) is 2. The van der Waals surface area contributed by atoms with Gasteiger partial charge in [-0.1, -0.05) is 50.3 Å². The lowest BCUT2D eigenvalue weighted by Crippen LogP contribution is -1.96. The Kier molecular flexibility index (Phi) is 15.2. The maximum absolute atomic E-state index is 10.4. The quantitative estimate of drug-likeness (QED) is 0.268. The molecule has 0 aromatic rings. The van der Waals surface area contributed by atoms with Gasteiger partial charge in [-0.25, -0.2) is 0 Å². The molecule has 4 heteroatoms. The lowest BCUT2D eigenvalue weighted by molar-refractivity contribution is -0.138. The van der Waals surface area contributed by atoms with Crippen LogP contribution in [0.3, 0.4) is 0 Å². The van der Waals surface area contributed by atoms with Crippen LogP contribution in [0, 0.1) is 5.92 Å². The fourth-order valence-corrected chi connectivity index (χ4v) is 2.65. The summed E-state index contributed by atoms with van der Waals surface area (Å²) >= 11 is 0. The van der Waals surface area contributed by atoms with E-state index in [1.54, 1.807) is 0 Å². The first-order valence-electron chi connectivity index (χ1n) is 9.27. The van der Waals surface area contributed by atoms with E-state index in [1.165, 1.54) is 0 Å². The molecule has 138 valence electrons. The number of carboxylic acids is 2. The number of carbonyl (C=O) groups is 2. The maximum atomic E-state index is 10.4. The predicted molar refractivity (Wildman–Crippen MR) is 98.1 cm³/mol. The third-order valence-electron chi connectivity index (χ3n) is 4.17. The van der Waals surface area contributed by atoms with Crippen LogP contribution >= 0.6 is 0 Å². The molecule has 1 atom stereocenters. The first-order valence-corrected chi connectivity index (χ1v) is 9.27. The van der Waals surface area contributed by atoms with Crippen LogP contribution in [0.15, 0.2) is 24.8 Å². The maximum Gasteiger partial charge on any atom is 0.303 e. The summed E-state index contributed by atoms with van der Waals surface area (Å²) in [5, 5.41) is 17.1. The highest BCUT2D eigenvalue weighted by atomic mass is 16.4. The summed E-state index contributed by atoms with van der Waals surface area (Å²) < 4.78 is 0. The number of aliphatic carboxylic acids is 2. The van der Waals surface area contributed by atoms with E-state index in [9.17, 15) is 9.59 Å². The van der Waals surface area contributed by atoms with Gasteiger partial charge in [0.05, 0.1) is 0 Å². The van der Waals surface area contributed by atoms with Crippen molar-refractivity contribution in [2.45, 2.75) is 83.5 Å². The molecule has 0 fully saturated rings. The zero-order chi connectivity index (χ0) is 18.0. The highest BCUT2D eigenvalue weighted by molar-refractivity contribution is 5.66. The molecule has 0 aliphatic carbocycles. The van der Waals surface area contributed by atoms with Crippen LogP contribution in [0.4, 0.5) is 0 Å². The van der Waals surface area contributed by atoms with Crippen molar-refractivity contribution < 1.29 is 19.8 Å². The van der Waals surface area contributed by atoms with Gasteiger partial charge in [0.25, 0.3) is 0 Å². The van der Waals surface area contributed by atoms with Gasteiger partial charge in [-0.2, -0.15) is 0 Å². The van der Waals surface area contributed by atoms with E-state index in [0.29, 0.717) is 5.92 Å². The van der Waals surface area contributed by atoms with Gasteiger partial charge in [0.2, 0.25) is 0 Å². The summed E-state index contributed by atoms with van der Waals surface area (Å²) in [6, 6.07) is 0. The van der Waals surface area contributed by atoms with E-state index in [1.807, 2.05) is 6.08 Å². The molecule has 0 aromatic carbocycles. The highest BCUT2D eigenvalue weighted by Gasteiger charge is 2.02. The average molecular weight is 338 g/mol. The highest BCUT2D eigenvalue weighted by Crippen LogP contribution is 2.17. The molecule has 0 aromatic heterocycles. The van der Waals surface area contributed by atoms with Gasteiger partial charge in [0.1, 0.15) is 0 Å². The second-order valence-corrected chi connectivity index (χ2v) is 6.40. The molecule has 0 rings (SSSR count). The summed E-state index contributed by atoms with van der Waals surface area (Å²) in [5.74, 6) is -0.894. The second-order valence-electron chi connectivity index (χ2n) is 6.40. The first kappa shape index (κ1) is 22.4. The largest absolute Gasteiger partial charge is 0.481 e. The van der Waals surface area contributed by atoms with E-state index in [-0.39, 0.29) is 12.8 Å². The topological polar surface area (TPSA) is 74.6 Å². The molecule has 0 saturated carbocycles. The Morgan fingerprint density at radius 1 is 0.792 bits per heavy atom. The molecule has 24 heavy (non-hydrogen) atoms. The minimum atomic E-state index is -0.703. The van der Waals surface area contributed by atoms with Crippen LogP contribution in [0.2, 0.25) is 0 Å². The van der Waals surface area contributed by atoms with Gasteiger partial charge < -0.3 is 10.2 Å². The second kappa shape index (κ2) is 16.3. The van der Waals surface area contributed by atoms with Crippen molar-refractivity contribution in [2.75, 3.05) is 0 Å². The zero-order valence-electron chi connectivity index (χ0n) is 14.9. The molecule has 4 nitrogen and oxygen atoms in total. The Morgan fingerprint density at radius 3 is 1.88 bits per heavy atom. The van der Waals surface area contributed by atoms with Crippen LogP contribution < -0.4 is 0 Å². The minimum absolute atomic E-state index is 0.282. The Labute approximate surface area is 146 Å². The van der Waals surface area contributed by atoms with Crippen LogP contribution in [0.5, 0.6) is 0 Å². The van der Waals surface area contributed by atoms with Gasteiger partial charge in [0, 0.05) is 12.8 Å². The Bertz CT molecular complexity index is 374. The Balaban J connectivity index is 3.51. The molecule has 0 spiro atoms. The third kappa shape index (κ3) is 16.8. The summed E-state index contributed by atoms with van der Waals surface area (Å²) in [5.41, 5.74) is 0. The van der Waals surface area contributed by atoms with Gasteiger partial charge in [-0.05, 0) is 44.4 Å². The lowest BCUT2D eigenvalue weighted by Gasteiger charge is -2.09. The molecule has 0 saturated heterocycles. The van der Waals surface area contributed by atoms with Crippen LogP contribution in [0.25, 0.3) is 0 Å². The molecule has 0 bridgehead atoms. The molecule has 0 aliphatic rings.